The molecule has 4 nitrogen and oxygen atoms in total. The van der Waals surface area contributed by atoms with Gasteiger partial charge in [0.2, 0.25) is 0 Å². The van der Waals surface area contributed by atoms with Gasteiger partial charge in [-0.05, 0) is 59.9 Å². The molecular formula is C19H22O4. The van der Waals surface area contributed by atoms with Crippen molar-refractivity contribution in [3.63, 3.8) is 0 Å². The second-order valence-electron chi connectivity index (χ2n) is 5.43. The number of hydrogen-bond donors (Lipinski definition) is 2. The molecule has 0 radical (unpaired) electrons. The minimum absolute atomic E-state index is 0.259. The molecule has 0 spiro atoms. The minimum atomic E-state index is -0.951. The first kappa shape index (κ1) is 17.0. The van der Waals surface area contributed by atoms with Crippen molar-refractivity contribution in [3.05, 3.63) is 48.0 Å². The molecule has 2 rings (SSSR count). The third kappa shape index (κ3) is 5.75. The molecule has 122 valence electrons. The molecule has 0 amide bonds. The number of carboxylic acid groups (broad SMARTS) is 1. The number of fused-ring (bicyclic) bond motifs is 1. The Kier molecular flexibility index (Phi) is 6.63. The van der Waals surface area contributed by atoms with E-state index in [2.05, 4.69) is 0 Å². The Bertz CT molecular complexity index is 676. The first-order valence-electron chi connectivity index (χ1n) is 7.87. The Morgan fingerprint density at radius 2 is 1.74 bits per heavy atom. The number of benzene rings is 2. The van der Waals surface area contributed by atoms with Crippen LogP contribution in [0.25, 0.3) is 16.8 Å². The number of hydrogen-bond acceptors (Lipinski definition) is 3. The highest BCUT2D eigenvalue weighted by Gasteiger charge is 1.99. The summed E-state index contributed by atoms with van der Waals surface area (Å²) in [4.78, 5) is 10.5. The van der Waals surface area contributed by atoms with E-state index in [1.54, 1.807) is 6.08 Å². The molecule has 0 aliphatic rings. The highest BCUT2D eigenvalue weighted by atomic mass is 16.5. The van der Waals surface area contributed by atoms with Crippen molar-refractivity contribution in [2.24, 2.45) is 0 Å². The number of carbonyl (C=O) groups is 1. The Morgan fingerprint density at radius 3 is 2.52 bits per heavy atom. The van der Waals surface area contributed by atoms with E-state index in [0.29, 0.717) is 6.61 Å². The smallest absolute Gasteiger partial charge is 0.328 e. The molecule has 4 heteroatoms. The van der Waals surface area contributed by atoms with E-state index in [1.807, 2.05) is 36.4 Å². The summed E-state index contributed by atoms with van der Waals surface area (Å²) in [5.41, 5.74) is 0.859. The van der Waals surface area contributed by atoms with E-state index < -0.39 is 5.97 Å². The normalized spacial score (nSPS) is 11.2. The molecule has 2 N–H and O–H groups in total. The summed E-state index contributed by atoms with van der Waals surface area (Å²) in [5.74, 6) is -0.110. The minimum Gasteiger partial charge on any atom is -0.494 e. The summed E-state index contributed by atoms with van der Waals surface area (Å²) in [6.45, 7) is 0.936. The average Bonchev–Trinajstić information content (AvgIpc) is 2.56. The summed E-state index contributed by atoms with van der Waals surface area (Å²) in [5, 5.41) is 19.5. The summed E-state index contributed by atoms with van der Waals surface area (Å²) < 4.78 is 5.75. The zero-order valence-electron chi connectivity index (χ0n) is 13.1. The predicted octanol–water partition coefficient (Wildman–Crippen LogP) is 3.87. The zero-order valence-corrected chi connectivity index (χ0v) is 13.1. The van der Waals surface area contributed by atoms with Crippen LogP contribution in [0.5, 0.6) is 5.75 Å². The number of aliphatic hydroxyl groups excluding tert-OH is 1. The lowest BCUT2D eigenvalue weighted by molar-refractivity contribution is -0.131. The number of aliphatic hydroxyl groups is 1. The number of ether oxygens (including phenoxy) is 1. The standard InChI is InChI=1S/C19H22O4/c20-11-3-1-2-4-12-23-18-9-8-16-13-15(6-10-19(21)22)5-7-17(16)14-18/h5-10,13-14,20H,1-4,11-12H2,(H,21,22). The summed E-state index contributed by atoms with van der Waals surface area (Å²) >= 11 is 0. The molecular weight excluding hydrogens is 292 g/mol. The lowest BCUT2D eigenvalue weighted by atomic mass is 10.1. The third-order valence-electron chi connectivity index (χ3n) is 3.58. The Balaban J connectivity index is 1.94. The average molecular weight is 314 g/mol. The van der Waals surface area contributed by atoms with E-state index in [-0.39, 0.29) is 6.61 Å². The SMILES string of the molecule is O=C(O)C=Cc1ccc2cc(OCCCCCCO)ccc2c1. The van der Waals surface area contributed by atoms with Gasteiger partial charge < -0.3 is 14.9 Å². The van der Waals surface area contributed by atoms with Gasteiger partial charge in [0.05, 0.1) is 6.61 Å². The molecule has 0 unspecified atom stereocenters. The molecule has 0 aromatic heterocycles. The van der Waals surface area contributed by atoms with Gasteiger partial charge in [-0.2, -0.15) is 0 Å². The van der Waals surface area contributed by atoms with Gasteiger partial charge in [0.15, 0.2) is 0 Å². The second-order valence-corrected chi connectivity index (χ2v) is 5.43. The lowest BCUT2D eigenvalue weighted by Crippen LogP contribution is -1.97. The molecule has 0 bridgehead atoms. The fraction of sp³-hybridized carbons (Fsp3) is 0.316. The van der Waals surface area contributed by atoms with Gasteiger partial charge in [-0.3, -0.25) is 0 Å². The van der Waals surface area contributed by atoms with E-state index in [9.17, 15) is 4.79 Å². The van der Waals surface area contributed by atoms with Crippen LogP contribution in [0.2, 0.25) is 0 Å². The fourth-order valence-corrected chi connectivity index (χ4v) is 2.36. The van der Waals surface area contributed by atoms with Crippen LogP contribution in [0.4, 0.5) is 0 Å². The van der Waals surface area contributed by atoms with Crippen molar-refractivity contribution >= 4 is 22.8 Å². The molecule has 0 saturated heterocycles. The van der Waals surface area contributed by atoms with Crippen molar-refractivity contribution in [1.82, 2.24) is 0 Å². The van der Waals surface area contributed by atoms with Crippen molar-refractivity contribution in [3.8, 4) is 5.75 Å². The van der Waals surface area contributed by atoms with E-state index >= 15 is 0 Å². The van der Waals surface area contributed by atoms with Crippen LogP contribution in [0.15, 0.2) is 42.5 Å². The van der Waals surface area contributed by atoms with Crippen molar-refractivity contribution in [2.75, 3.05) is 13.2 Å². The van der Waals surface area contributed by atoms with Crippen LogP contribution < -0.4 is 4.74 Å². The number of aliphatic carboxylic acids is 1. The van der Waals surface area contributed by atoms with Gasteiger partial charge in [0.25, 0.3) is 0 Å². The Hall–Kier alpha value is -2.33. The van der Waals surface area contributed by atoms with Gasteiger partial charge in [-0.1, -0.05) is 24.6 Å². The molecule has 0 aliphatic carbocycles. The Labute approximate surface area is 136 Å². The molecule has 0 aliphatic heterocycles. The molecule has 0 heterocycles. The highest BCUT2D eigenvalue weighted by Crippen LogP contribution is 2.23. The van der Waals surface area contributed by atoms with Crippen LogP contribution in [-0.2, 0) is 4.79 Å². The van der Waals surface area contributed by atoms with Crippen LogP contribution >= 0.6 is 0 Å². The quantitative estimate of drug-likeness (QED) is 0.544. The maximum absolute atomic E-state index is 10.5. The first-order valence-corrected chi connectivity index (χ1v) is 7.87. The molecule has 23 heavy (non-hydrogen) atoms. The molecule has 2 aromatic rings. The van der Waals surface area contributed by atoms with E-state index in [1.165, 1.54) is 0 Å². The third-order valence-corrected chi connectivity index (χ3v) is 3.58. The monoisotopic (exact) mass is 314 g/mol. The fourth-order valence-electron chi connectivity index (χ4n) is 2.36. The molecule has 0 saturated carbocycles. The van der Waals surface area contributed by atoms with E-state index in [0.717, 1.165) is 53.8 Å². The number of unbranched alkanes of at least 4 members (excludes halogenated alkanes) is 3. The van der Waals surface area contributed by atoms with Crippen molar-refractivity contribution in [2.45, 2.75) is 25.7 Å². The number of carboxylic acids is 1. The molecule has 2 aromatic carbocycles. The Morgan fingerprint density at radius 1 is 1.00 bits per heavy atom. The summed E-state index contributed by atoms with van der Waals surface area (Å²) in [6, 6.07) is 11.7. The highest BCUT2D eigenvalue weighted by molar-refractivity contribution is 5.89. The summed E-state index contributed by atoms with van der Waals surface area (Å²) in [7, 11) is 0. The van der Waals surface area contributed by atoms with E-state index in [4.69, 9.17) is 14.9 Å². The van der Waals surface area contributed by atoms with Crippen LogP contribution in [0, 0.1) is 0 Å². The molecule has 0 atom stereocenters. The van der Waals surface area contributed by atoms with Gasteiger partial charge >= 0.3 is 5.97 Å². The van der Waals surface area contributed by atoms with Crippen LogP contribution in [0.3, 0.4) is 0 Å². The van der Waals surface area contributed by atoms with Crippen LogP contribution in [-0.4, -0.2) is 29.4 Å². The van der Waals surface area contributed by atoms with Gasteiger partial charge in [-0.15, -0.1) is 0 Å². The second kappa shape index (κ2) is 8.96. The topological polar surface area (TPSA) is 66.8 Å². The molecule has 0 fully saturated rings. The van der Waals surface area contributed by atoms with Gasteiger partial charge in [-0.25, -0.2) is 4.79 Å². The maximum atomic E-state index is 10.5. The van der Waals surface area contributed by atoms with Gasteiger partial charge in [0.1, 0.15) is 5.75 Å². The largest absolute Gasteiger partial charge is 0.494 e. The lowest BCUT2D eigenvalue weighted by Gasteiger charge is -2.08. The maximum Gasteiger partial charge on any atom is 0.328 e. The first-order chi connectivity index (χ1) is 11.2. The number of rotatable bonds is 9. The zero-order chi connectivity index (χ0) is 16.5. The van der Waals surface area contributed by atoms with Crippen molar-refractivity contribution in [1.29, 1.82) is 0 Å². The van der Waals surface area contributed by atoms with Crippen molar-refractivity contribution < 1.29 is 19.7 Å². The summed E-state index contributed by atoms with van der Waals surface area (Å²) in [6.07, 6.45) is 6.65. The van der Waals surface area contributed by atoms with Crippen LogP contribution in [0.1, 0.15) is 31.2 Å². The van der Waals surface area contributed by atoms with Gasteiger partial charge in [0, 0.05) is 12.7 Å². The predicted molar refractivity (Wildman–Crippen MR) is 91.7 cm³/mol.